The third-order valence-electron chi connectivity index (χ3n) is 4.26. The quantitative estimate of drug-likeness (QED) is 0.865. The van der Waals surface area contributed by atoms with Crippen molar-refractivity contribution in [3.63, 3.8) is 0 Å². The Morgan fingerprint density at radius 3 is 2.81 bits per heavy atom. The van der Waals surface area contributed by atoms with E-state index in [0.29, 0.717) is 5.92 Å². The zero-order valence-corrected chi connectivity index (χ0v) is 12.3. The molecule has 2 heterocycles. The van der Waals surface area contributed by atoms with E-state index >= 15 is 0 Å². The van der Waals surface area contributed by atoms with Gasteiger partial charge in [-0.15, -0.1) is 0 Å². The van der Waals surface area contributed by atoms with Crippen molar-refractivity contribution in [2.24, 2.45) is 5.92 Å². The smallest absolute Gasteiger partial charge is 0.226 e. The van der Waals surface area contributed by atoms with Crippen molar-refractivity contribution in [1.29, 1.82) is 0 Å². The number of amides is 1. The van der Waals surface area contributed by atoms with Gasteiger partial charge in [0, 0.05) is 31.6 Å². The van der Waals surface area contributed by atoms with E-state index in [-0.39, 0.29) is 17.9 Å². The molecule has 1 aliphatic carbocycles. The van der Waals surface area contributed by atoms with Gasteiger partial charge in [0.15, 0.2) is 0 Å². The molecule has 0 spiro atoms. The average molecular weight is 281 g/mol. The van der Waals surface area contributed by atoms with Crippen LogP contribution in [-0.2, 0) is 4.79 Å². The molecule has 0 bridgehead atoms. The van der Waals surface area contributed by atoms with Gasteiger partial charge in [0.25, 0.3) is 0 Å². The largest absolute Gasteiger partial charge is 0.337 e. The lowest BCUT2D eigenvalue weighted by molar-refractivity contribution is -0.133. The van der Waals surface area contributed by atoms with Gasteiger partial charge in [-0.1, -0.05) is 12.1 Å². The molecule has 1 saturated carbocycles. The summed E-state index contributed by atoms with van der Waals surface area (Å²) in [4.78, 5) is 22.9. The summed E-state index contributed by atoms with van der Waals surface area (Å²) in [6.07, 6.45) is 6.31. The SMILES string of the molecule is C[C@H](c1ccccn1)N(C)C(=O)[C@H]1C[C@H]1c1cccnc1. The van der Waals surface area contributed by atoms with Crippen molar-refractivity contribution < 1.29 is 4.79 Å². The first-order chi connectivity index (χ1) is 10.2. The van der Waals surface area contributed by atoms with Crippen molar-refractivity contribution >= 4 is 5.91 Å². The third-order valence-corrected chi connectivity index (χ3v) is 4.26. The zero-order valence-electron chi connectivity index (χ0n) is 12.3. The highest BCUT2D eigenvalue weighted by molar-refractivity contribution is 5.83. The Labute approximate surface area is 124 Å². The predicted octanol–water partition coefficient (Wildman–Crippen LogP) is 2.80. The summed E-state index contributed by atoms with van der Waals surface area (Å²) in [5.41, 5.74) is 2.08. The number of hydrogen-bond donors (Lipinski definition) is 0. The molecule has 0 aliphatic heterocycles. The molecule has 1 aliphatic rings. The number of carbonyl (C=O) groups excluding carboxylic acids is 1. The molecule has 1 amide bonds. The number of pyridine rings is 2. The van der Waals surface area contributed by atoms with Gasteiger partial charge in [-0.05, 0) is 43.0 Å². The molecule has 108 valence electrons. The lowest BCUT2D eigenvalue weighted by Gasteiger charge is -2.24. The van der Waals surface area contributed by atoms with Gasteiger partial charge in [-0.2, -0.15) is 0 Å². The van der Waals surface area contributed by atoms with Crippen molar-refractivity contribution in [3.8, 4) is 0 Å². The molecule has 21 heavy (non-hydrogen) atoms. The first kappa shape index (κ1) is 13.7. The maximum atomic E-state index is 12.6. The van der Waals surface area contributed by atoms with Crippen LogP contribution in [0.2, 0.25) is 0 Å². The van der Waals surface area contributed by atoms with Gasteiger partial charge in [-0.25, -0.2) is 0 Å². The Balaban J connectivity index is 1.67. The maximum absolute atomic E-state index is 12.6. The number of hydrogen-bond acceptors (Lipinski definition) is 3. The van der Waals surface area contributed by atoms with Crippen molar-refractivity contribution in [2.75, 3.05) is 7.05 Å². The van der Waals surface area contributed by atoms with E-state index in [0.717, 1.165) is 17.7 Å². The minimum absolute atomic E-state index is 0.00570. The molecule has 1 fully saturated rings. The molecule has 2 aromatic heterocycles. The minimum atomic E-state index is -0.00570. The summed E-state index contributed by atoms with van der Waals surface area (Å²) in [6.45, 7) is 2.02. The highest BCUT2D eigenvalue weighted by atomic mass is 16.2. The van der Waals surface area contributed by atoms with Gasteiger partial charge in [0.1, 0.15) is 0 Å². The van der Waals surface area contributed by atoms with E-state index in [2.05, 4.69) is 9.97 Å². The molecular weight excluding hydrogens is 262 g/mol. The molecule has 0 aromatic carbocycles. The molecule has 2 aromatic rings. The minimum Gasteiger partial charge on any atom is -0.337 e. The summed E-state index contributed by atoms with van der Waals surface area (Å²) in [7, 11) is 1.86. The highest BCUT2D eigenvalue weighted by Gasteiger charge is 2.46. The summed E-state index contributed by atoms with van der Waals surface area (Å²) < 4.78 is 0. The van der Waals surface area contributed by atoms with E-state index in [1.54, 1.807) is 12.4 Å². The topological polar surface area (TPSA) is 46.1 Å². The van der Waals surface area contributed by atoms with Crippen LogP contribution in [0, 0.1) is 5.92 Å². The monoisotopic (exact) mass is 281 g/mol. The number of aromatic nitrogens is 2. The predicted molar refractivity (Wildman–Crippen MR) is 80.5 cm³/mol. The molecule has 0 unspecified atom stereocenters. The molecule has 3 atom stereocenters. The van der Waals surface area contributed by atoms with Crippen molar-refractivity contribution in [1.82, 2.24) is 14.9 Å². The van der Waals surface area contributed by atoms with Gasteiger partial charge < -0.3 is 4.90 Å². The first-order valence-corrected chi connectivity index (χ1v) is 7.26. The van der Waals surface area contributed by atoms with Crippen LogP contribution in [0.5, 0.6) is 0 Å². The Morgan fingerprint density at radius 1 is 1.29 bits per heavy atom. The Morgan fingerprint density at radius 2 is 2.14 bits per heavy atom. The van der Waals surface area contributed by atoms with E-state index in [4.69, 9.17) is 0 Å². The number of nitrogens with zero attached hydrogens (tertiary/aromatic N) is 3. The van der Waals surface area contributed by atoms with Crippen LogP contribution in [0.25, 0.3) is 0 Å². The second-order valence-corrected chi connectivity index (χ2v) is 5.61. The van der Waals surface area contributed by atoms with E-state index in [9.17, 15) is 4.79 Å². The van der Waals surface area contributed by atoms with Crippen LogP contribution in [0.15, 0.2) is 48.9 Å². The number of rotatable bonds is 4. The molecule has 4 nitrogen and oxygen atoms in total. The van der Waals surface area contributed by atoms with Crippen LogP contribution >= 0.6 is 0 Å². The molecular formula is C17H19N3O. The lowest BCUT2D eigenvalue weighted by atomic mass is 10.1. The zero-order chi connectivity index (χ0) is 14.8. The van der Waals surface area contributed by atoms with Crippen molar-refractivity contribution in [2.45, 2.75) is 25.3 Å². The third kappa shape index (κ3) is 2.79. The first-order valence-electron chi connectivity index (χ1n) is 7.26. The molecule has 0 saturated heterocycles. The van der Waals surface area contributed by atoms with Crippen LogP contribution < -0.4 is 0 Å². The fourth-order valence-corrected chi connectivity index (χ4v) is 2.71. The fraction of sp³-hybridized carbons (Fsp3) is 0.353. The Kier molecular flexibility index (Phi) is 3.69. The number of carbonyl (C=O) groups is 1. The van der Waals surface area contributed by atoms with Gasteiger partial charge in [0.05, 0.1) is 11.7 Å². The molecule has 4 heteroatoms. The van der Waals surface area contributed by atoms with Crippen LogP contribution in [0.3, 0.4) is 0 Å². The summed E-state index contributed by atoms with van der Waals surface area (Å²) in [5.74, 6) is 0.608. The van der Waals surface area contributed by atoms with E-state index in [1.807, 2.05) is 55.4 Å². The van der Waals surface area contributed by atoms with Gasteiger partial charge in [-0.3, -0.25) is 14.8 Å². The van der Waals surface area contributed by atoms with Crippen LogP contribution in [-0.4, -0.2) is 27.8 Å². The van der Waals surface area contributed by atoms with E-state index < -0.39 is 0 Å². The highest BCUT2D eigenvalue weighted by Crippen LogP contribution is 2.48. The van der Waals surface area contributed by atoms with Gasteiger partial charge >= 0.3 is 0 Å². The molecule has 3 rings (SSSR count). The second-order valence-electron chi connectivity index (χ2n) is 5.61. The average Bonchev–Trinajstić information content (AvgIpc) is 3.35. The summed E-state index contributed by atoms with van der Waals surface area (Å²) >= 11 is 0. The van der Waals surface area contributed by atoms with Crippen LogP contribution in [0.1, 0.15) is 36.6 Å². The standard InChI is InChI=1S/C17H19N3O/c1-12(16-7-3-4-9-19-16)20(2)17(21)15-10-14(15)13-6-5-8-18-11-13/h3-9,11-12,14-15H,10H2,1-2H3/t12-,14+,15+/m1/s1. The van der Waals surface area contributed by atoms with Crippen LogP contribution in [0.4, 0.5) is 0 Å². The van der Waals surface area contributed by atoms with Crippen molar-refractivity contribution in [3.05, 3.63) is 60.2 Å². The lowest BCUT2D eigenvalue weighted by Crippen LogP contribution is -2.31. The fourth-order valence-electron chi connectivity index (χ4n) is 2.71. The van der Waals surface area contributed by atoms with Gasteiger partial charge in [0.2, 0.25) is 5.91 Å². The second kappa shape index (κ2) is 5.64. The molecule has 0 N–H and O–H groups in total. The molecule has 0 radical (unpaired) electrons. The Hall–Kier alpha value is -2.23. The normalized spacial score (nSPS) is 21.6. The Bertz CT molecular complexity index is 614. The summed E-state index contributed by atoms with van der Waals surface area (Å²) in [6, 6.07) is 9.76. The summed E-state index contributed by atoms with van der Waals surface area (Å²) in [5, 5.41) is 0. The maximum Gasteiger partial charge on any atom is 0.226 e. The van der Waals surface area contributed by atoms with E-state index in [1.165, 1.54) is 0 Å².